The van der Waals surface area contributed by atoms with E-state index in [4.69, 9.17) is 16.3 Å². The second-order valence-corrected chi connectivity index (χ2v) is 11.8. The zero-order chi connectivity index (χ0) is 28.2. The van der Waals surface area contributed by atoms with Crippen LogP contribution in [0.1, 0.15) is 27.5 Å². The predicted molar refractivity (Wildman–Crippen MR) is 146 cm³/mol. The van der Waals surface area contributed by atoms with Crippen molar-refractivity contribution in [3.63, 3.8) is 0 Å². The number of aromatic amines is 1. The van der Waals surface area contributed by atoms with Crippen LogP contribution in [0.4, 0.5) is 18.9 Å². The molecule has 4 aromatic rings. The average molecular weight is 603 g/mol. The van der Waals surface area contributed by atoms with Crippen LogP contribution in [0.5, 0.6) is 5.75 Å². The van der Waals surface area contributed by atoms with Gasteiger partial charge < -0.3 is 9.72 Å². The Morgan fingerprint density at radius 3 is 2.38 bits per heavy atom. The fraction of sp³-hybridized carbons (Fsp3) is 0.179. The number of rotatable bonds is 5. The summed E-state index contributed by atoms with van der Waals surface area (Å²) in [5, 5.41) is -0.0485. The van der Waals surface area contributed by atoms with Crippen LogP contribution in [-0.4, -0.2) is 22.0 Å². The van der Waals surface area contributed by atoms with Crippen LogP contribution in [-0.2, 0) is 22.4 Å². The number of alkyl halides is 3. The molecule has 40 heavy (non-hydrogen) atoms. The van der Waals surface area contributed by atoms with E-state index in [0.29, 0.717) is 31.1 Å². The van der Waals surface area contributed by atoms with E-state index in [1.807, 2.05) is 12.1 Å². The van der Waals surface area contributed by atoms with Gasteiger partial charge in [0.2, 0.25) is 11.8 Å². The van der Waals surface area contributed by atoms with Gasteiger partial charge in [0.05, 0.1) is 22.2 Å². The molecular formula is C28H18ClF3N2O4S2. The molecule has 6 rings (SSSR count). The Hall–Kier alpha value is -3.54. The quantitative estimate of drug-likeness (QED) is 0.264. The fourth-order valence-corrected chi connectivity index (χ4v) is 7.74. The Balaban J connectivity index is 1.44. The molecule has 1 saturated heterocycles. The summed E-state index contributed by atoms with van der Waals surface area (Å²) >= 11 is 7.88. The van der Waals surface area contributed by atoms with Gasteiger partial charge in [0.1, 0.15) is 17.6 Å². The second kappa shape index (κ2) is 10.1. The van der Waals surface area contributed by atoms with Gasteiger partial charge in [-0.2, -0.15) is 13.2 Å². The standard InChI is InChI=1S/C28H18ClF3N2O4S2/c29-15-11-9-14(10-12-15)13-38-19-8-4-1-5-16(19)20-21-23(39-24-22(20)40-27(37)33-24)26(36)34(25(21)35)18-7-3-2-6-17(18)28(30,31)32/h1-12,20-21,23H,13H2,(H,33,37). The number of halogens is 4. The Morgan fingerprint density at radius 2 is 1.62 bits per heavy atom. The van der Waals surface area contributed by atoms with Crippen molar-refractivity contribution in [2.45, 2.75) is 29.0 Å². The summed E-state index contributed by atoms with van der Waals surface area (Å²) in [6.07, 6.45) is -4.77. The number of benzene rings is 3. The van der Waals surface area contributed by atoms with Crippen molar-refractivity contribution in [3.8, 4) is 5.75 Å². The molecule has 0 aliphatic carbocycles. The topological polar surface area (TPSA) is 79.5 Å². The summed E-state index contributed by atoms with van der Waals surface area (Å²) in [4.78, 5) is 43.5. The van der Waals surface area contributed by atoms with Gasteiger partial charge in [0.15, 0.2) is 0 Å². The Labute approximate surface area is 238 Å². The molecule has 3 heterocycles. The minimum atomic E-state index is -4.77. The molecule has 1 N–H and O–H groups in total. The van der Waals surface area contributed by atoms with Crippen LogP contribution in [0.25, 0.3) is 0 Å². The number of thioether (sulfide) groups is 1. The molecule has 3 unspecified atom stereocenters. The molecule has 2 amide bonds. The first kappa shape index (κ1) is 26.7. The van der Waals surface area contributed by atoms with Crippen molar-refractivity contribution in [1.82, 2.24) is 4.98 Å². The third-order valence-corrected chi connectivity index (χ3v) is 9.49. The Kier molecular flexibility index (Phi) is 6.76. The molecule has 2 aliphatic rings. The van der Waals surface area contributed by atoms with Gasteiger partial charge in [-0.25, -0.2) is 4.90 Å². The molecule has 1 aromatic heterocycles. The molecule has 0 bridgehead atoms. The van der Waals surface area contributed by atoms with E-state index in [1.165, 1.54) is 12.1 Å². The molecule has 0 saturated carbocycles. The normalized spacial score (nSPS) is 20.4. The van der Waals surface area contributed by atoms with Gasteiger partial charge in [-0.05, 0) is 35.9 Å². The van der Waals surface area contributed by atoms with E-state index in [9.17, 15) is 27.6 Å². The van der Waals surface area contributed by atoms with Crippen LogP contribution < -0.4 is 14.5 Å². The number of hydrogen-bond acceptors (Lipinski definition) is 6. The van der Waals surface area contributed by atoms with Crippen molar-refractivity contribution >= 4 is 52.2 Å². The van der Waals surface area contributed by atoms with E-state index in [2.05, 4.69) is 4.98 Å². The minimum absolute atomic E-state index is 0.179. The molecule has 0 radical (unpaired) electrons. The number of anilines is 1. The molecule has 3 aromatic carbocycles. The average Bonchev–Trinajstić information content (AvgIpc) is 3.42. The number of amides is 2. The smallest absolute Gasteiger partial charge is 0.418 e. The van der Waals surface area contributed by atoms with Gasteiger partial charge in [0.25, 0.3) is 0 Å². The monoisotopic (exact) mass is 602 g/mol. The zero-order valence-electron chi connectivity index (χ0n) is 20.3. The van der Waals surface area contributed by atoms with Gasteiger partial charge in [-0.15, -0.1) is 0 Å². The molecule has 2 aliphatic heterocycles. The zero-order valence-corrected chi connectivity index (χ0v) is 22.7. The van der Waals surface area contributed by atoms with Crippen LogP contribution >= 0.6 is 34.7 Å². The van der Waals surface area contributed by atoms with E-state index in [-0.39, 0.29) is 11.5 Å². The van der Waals surface area contributed by atoms with E-state index in [1.54, 1.807) is 36.4 Å². The highest BCUT2D eigenvalue weighted by Gasteiger charge is 2.57. The fourth-order valence-electron chi connectivity index (χ4n) is 5.11. The SMILES string of the molecule is O=C1C2Sc3[nH]c(=O)sc3C(c3ccccc3OCc3ccc(Cl)cc3)C2C(=O)N1c1ccccc1C(F)(F)F. The number of fused-ring (bicyclic) bond motifs is 2. The first-order valence-electron chi connectivity index (χ1n) is 12.0. The van der Waals surface area contributed by atoms with E-state index >= 15 is 0 Å². The Morgan fingerprint density at radius 1 is 0.925 bits per heavy atom. The van der Waals surface area contributed by atoms with Crippen LogP contribution in [0, 0.1) is 5.92 Å². The largest absolute Gasteiger partial charge is 0.489 e. The maximum Gasteiger partial charge on any atom is 0.418 e. The van der Waals surface area contributed by atoms with Crippen molar-refractivity contribution in [2.24, 2.45) is 5.92 Å². The minimum Gasteiger partial charge on any atom is -0.489 e. The third-order valence-electron chi connectivity index (χ3n) is 6.84. The lowest BCUT2D eigenvalue weighted by molar-refractivity contribution is -0.137. The number of hydrogen-bond donors (Lipinski definition) is 1. The van der Waals surface area contributed by atoms with Gasteiger partial charge in [0, 0.05) is 21.4 Å². The summed E-state index contributed by atoms with van der Waals surface area (Å²) in [5.74, 6) is -2.96. The first-order valence-corrected chi connectivity index (χ1v) is 14.1. The molecule has 0 spiro atoms. The molecular weight excluding hydrogens is 585 g/mol. The highest BCUT2D eigenvalue weighted by molar-refractivity contribution is 8.00. The number of nitrogens with one attached hydrogen (secondary N) is 1. The number of nitrogens with zero attached hydrogens (tertiary/aromatic N) is 1. The van der Waals surface area contributed by atoms with Crippen LogP contribution in [0.3, 0.4) is 0 Å². The summed E-state index contributed by atoms with van der Waals surface area (Å²) in [7, 11) is 0. The van der Waals surface area contributed by atoms with Gasteiger partial charge in [-0.1, -0.05) is 77.2 Å². The summed E-state index contributed by atoms with van der Waals surface area (Å²) < 4.78 is 47.7. The summed E-state index contributed by atoms with van der Waals surface area (Å²) in [6.45, 7) is 0.179. The molecule has 3 atom stereocenters. The lowest BCUT2D eigenvalue weighted by Crippen LogP contribution is -2.33. The number of imide groups is 1. The number of para-hydroxylation sites is 2. The predicted octanol–water partition coefficient (Wildman–Crippen LogP) is 6.48. The van der Waals surface area contributed by atoms with Crippen molar-refractivity contribution in [1.29, 1.82) is 0 Å². The highest BCUT2D eigenvalue weighted by Crippen LogP contribution is 2.55. The van der Waals surface area contributed by atoms with Gasteiger partial charge >= 0.3 is 11.0 Å². The molecule has 204 valence electrons. The first-order chi connectivity index (χ1) is 19.1. The number of thiazole rings is 1. The van der Waals surface area contributed by atoms with E-state index in [0.717, 1.165) is 40.8 Å². The lowest BCUT2D eigenvalue weighted by atomic mass is 9.82. The number of H-pyrrole nitrogens is 1. The van der Waals surface area contributed by atoms with Crippen molar-refractivity contribution in [2.75, 3.05) is 4.90 Å². The third kappa shape index (κ3) is 4.61. The Bertz CT molecular complexity index is 1690. The van der Waals surface area contributed by atoms with Crippen molar-refractivity contribution < 1.29 is 27.5 Å². The second-order valence-electron chi connectivity index (χ2n) is 9.23. The number of carbonyl (C=O) groups is 2. The maximum atomic E-state index is 13.9. The lowest BCUT2D eigenvalue weighted by Gasteiger charge is -2.30. The summed E-state index contributed by atoms with van der Waals surface area (Å²) in [5.41, 5.74) is -0.199. The number of aromatic nitrogens is 1. The molecule has 1 fully saturated rings. The summed E-state index contributed by atoms with van der Waals surface area (Å²) in [6, 6.07) is 18.6. The number of ether oxygens (including phenoxy) is 1. The highest BCUT2D eigenvalue weighted by atomic mass is 35.5. The number of carbonyl (C=O) groups excluding carboxylic acids is 2. The van der Waals surface area contributed by atoms with Gasteiger partial charge in [-0.3, -0.25) is 14.4 Å². The van der Waals surface area contributed by atoms with Crippen LogP contribution in [0.15, 0.2) is 82.6 Å². The van der Waals surface area contributed by atoms with Crippen LogP contribution in [0.2, 0.25) is 5.02 Å². The molecule has 6 nitrogen and oxygen atoms in total. The molecule has 12 heteroatoms. The van der Waals surface area contributed by atoms with Crippen molar-refractivity contribution in [3.05, 3.63) is 109 Å². The maximum absolute atomic E-state index is 13.9. The van der Waals surface area contributed by atoms with E-state index < -0.39 is 46.3 Å².